The lowest BCUT2D eigenvalue weighted by atomic mass is 10.2. The highest BCUT2D eigenvalue weighted by atomic mass is 35.5. The Bertz CT molecular complexity index is 1250. The van der Waals surface area contributed by atoms with Crippen molar-refractivity contribution < 1.29 is 22.7 Å². The van der Waals surface area contributed by atoms with Crippen molar-refractivity contribution >= 4 is 33.2 Å². The third-order valence-electron chi connectivity index (χ3n) is 5.07. The largest absolute Gasteiger partial charge is 0.486 e. The van der Waals surface area contributed by atoms with Gasteiger partial charge in [-0.15, -0.1) is 0 Å². The van der Waals surface area contributed by atoms with Crippen LogP contribution in [0.4, 0.5) is 5.69 Å². The Morgan fingerprint density at radius 2 is 1.79 bits per heavy atom. The molecule has 9 heteroatoms. The molecule has 0 spiro atoms. The summed E-state index contributed by atoms with van der Waals surface area (Å²) in [5.74, 6) is 0.797. The molecule has 0 saturated heterocycles. The molecular weight excluding hydrogens is 464 g/mol. The van der Waals surface area contributed by atoms with E-state index in [1.165, 1.54) is 24.3 Å². The fraction of sp³-hybridized carbons (Fsp3) is 0.208. The Hall–Kier alpha value is -3.23. The maximum atomic E-state index is 13.4. The molecule has 1 amide bonds. The first-order valence-electron chi connectivity index (χ1n) is 10.3. The molecule has 3 aromatic rings. The zero-order valence-corrected chi connectivity index (χ0v) is 19.5. The zero-order chi connectivity index (χ0) is 23.4. The smallest absolute Gasteiger partial charge is 0.264 e. The molecule has 4 rings (SSSR count). The topological polar surface area (TPSA) is 84.9 Å². The number of para-hydroxylation sites is 2. The van der Waals surface area contributed by atoms with Crippen molar-refractivity contribution in [2.45, 2.75) is 17.9 Å². The summed E-state index contributed by atoms with van der Waals surface area (Å²) in [7, 11) is -4.01. The van der Waals surface area contributed by atoms with Crippen LogP contribution in [0.3, 0.4) is 0 Å². The van der Waals surface area contributed by atoms with Gasteiger partial charge >= 0.3 is 0 Å². The van der Waals surface area contributed by atoms with Crippen molar-refractivity contribution in [2.24, 2.45) is 0 Å². The second kappa shape index (κ2) is 9.72. The monoisotopic (exact) mass is 486 g/mol. The number of aryl methyl sites for hydroxylation is 1. The lowest BCUT2D eigenvalue weighted by Gasteiger charge is -2.27. The molecule has 0 aromatic heterocycles. The van der Waals surface area contributed by atoms with Crippen molar-refractivity contribution in [1.29, 1.82) is 0 Å². The van der Waals surface area contributed by atoms with E-state index in [0.717, 1.165) is 9.87 Å². The number of sulfonamides is 1. The van der Waals surface area contributed by atoms with Gasteiger partial charge in [0.15, 0.2) is 11.5 Å². The van der Waals surface area contributed by atoms with Crippen molar-refractivity contribution in [1.82, 2.24) is 5.32 Å². The number of hydrogen-bond donors (Lipinski definition) is 1. The van der Waals surface area contributed by atoms with Gasteiger partial charge < -0.3 is 14.8 Å². The van der Waals surface area contributed by atoms with Crippen molar-refractivity contribution in [3.63, 3.8) is 0 Å². The van der Waals surface area contributed by atoms with Gasteiger partial charge in [-0.05, 0) is 61.0 Å². The maximum Gasteiger partial charge on any atom is 0.264 e. The first-order valence-corrected chi connectivity index (χ1v) is 12.1. The molecule has 0 saturated carbocycles. The number of amides is 1. The van der Waals surface area contributed by atoms with E-state index in [1.54, 1.807) is 24.3 Å². The van der Waals surface area contributed by atoms with E-state index in [2.05, 4.69) is 5.32 Å². The van der Waals surface area contributed by atoms with E-state index < -0.39 is 22.5 Å². The highest BCUT2D eigenvalue weighted by Gasteiger charge is 2.28. The number of carbonyl (C=O) groups excluding carboxylic acids is 1. The molecule has 1 aliphatic heterocycles. The number of anilines is 1. The molecular formula is C24H23ClN2O5S. The standard InChI is InChI=1S/C24H23ClN2O5S/c1-17-5-4-6-19(13-17)27(33(29,30)21-11-9-18(25)10-12-21)15-24(28)26-14-20-16-31-22-7-2-3-8-23(22)32-20/h2-13,20H,14-16H2,1H3,(H,26,28). The number of benzene rings is 3. The average molecular weight is 487 g/mol. The van der Waals surface area contributed by atoms with Crippen LogP contribution in [0, 0.1) is 6.92 Å². The SMILES string of the molecule is Cc1cccc(N(CC(=O)NCC2COc3ccccc3O2)S(=O)(=O)c2ccc(Cl)cc2)c1. The molecule has 0 radical (unpaired) electrons. The minimum absolute atomic E-state index is 0.0434. The number of ether oxygens (including phenoxy) is 2. The quantitative estimate of drug-likeness (QED) is 0.549. The molecule has 7 nitrogen and oxygen atoms in total. The molecule has 0 fully saturated rings. The average Bonchev–Trinajstić information content (AvgIpc) is 2.81. The summed E-state index contributed by atoms with van der Waals surface area (Å²) in [6.45, 7) is 1.92. The van der Waals surface area contributed by atoms with Gasteiger partial charge in [0, 0.05) is 5.02 Å². The van der Waals surface area contributed by atoms with Crippen molar-refractivity contribution in [3.05, 3.63) is 83.4 Å². The molecule has 1 N–H and O–H groups in total. The second-order valence-electron chi connectivity index (χ2n) is 7.61. The molecule has 0 aliphatic carbocycles. The van der Waals surface area contributed by atoms with E-state index in [0.29, 0.717) is 22.2 Å². The minimum atomic E-state index is -4.01. The van der Waals surface area contributed by atoms with Crippen LogP contribution >= 0.6 is 11.6 Å². The van der Waals surface area contributed by atoms with Crippen LogP contribution in [0.2, 0.25) is 5.02 Å². The lowest BCUT2D eigenvalue weighted by Crippen LogP contribution is -2.45. The first-order chi connectivity index (χ1) is 15.8. The van der Waals surface area contributed by atoms with Crippen LogP contribution in [0.1, 0.15) is 5.56 Å². The Morgan fingerprint density at radius 1 is 1.06 bits per heavy atom. The Morgan fingerprint density at radius 3 is 2.52 bits per heavy atom. The summed E-state index contributed by atoms with van der Waals surface area (Å²) in [5.41, 5.74) is 1.27. The number of nitrogens with zero attached hydrogens (tertiary/aromatic N) is 1. The van der Waals surface area contributed by atoms with Gasteiger partial charge in [0.2, 0.25) is 5.91 Å². The lowest BCUT2D eigenvalue weighted by molar-refractivity contribution is -0.120. The predicted octanol–water partition coefficient (Wildman–Crippen LogP) is 3.80. The summed E-state index contributed by atoms with van der Waals surface area (Å²) in [6, 6.07) is 20.1. The molecule has 3 aromatic carbocycles. The normalized spacial score (nSPS) is 15.0. The van der Waals surface area contributed by atoms with Gasteiger partial charge in [-0.2, -0.15) is 0 Å². The van der Waals surface area contributed by atoms with Crippen LogP contribution in [-0.2, 0) is 14.8 Å². The van der Waals surface area contributed by atoms with Crippen LogP contribution in [-0.4, -0.2) is 40.1 Å². The molecule has 1 atom stereocenters. The molecule has 33 heavy (non-hydrogen) atoms. The number of carbonyl (C=O) groups is 1. The Labute approximate surface area is 197 Å². The van der Waals surface area contributed by atoms with Gasteiger partial charge in [-0.1, -0.05) is 35.9 Å². The van der Waals surface area contributed by atoms with E-state index in [-0.39, 0.29) is 24.2 Å². The van der Waals surface area contributed by atoms with Gasteiger partial charge in [0.25, 0.3) is 10.0 Å². The Balaban J connectivity index is 1.49. The van der Waals surface area contributed by atoms with Crippen LogP contribution in [0.25, 0.3) is 0 Å². The third-order valence-corrected chi connectivity index (χ3v) is 7.11. The first kappa shape index (κ1) is 22.9. The molecule has 1 heterocycles. The predicted molar refractivity (Wildman–Crippen MR) is 127 cm³/mol. The summed E-state index contributed by atoms with van der Waals surface area (Å²) >= 11 is 5.92. The van der Waals surface area contributed by atoms with Crippen LogP contribution < -0.4 is 19.1 Å². The fourth-order valence-corrected chi connectivity index (χ4v) is 4.95. The van der Waals surface area contributed by atoms with Crippen LogP contribution in [0.5, 0.6) is 11.5 Å². The molecule has 1 aliphatic rings. The second-order valence-corrected chi connectivity index (χ2v) is 9.91. The van der Waals surface area contributed by atoms with Gasteiger partial charge in [0.1, 0.15) is 19.3 Å². The van der Waals surface area contributed by atoms with E-state index in [1.807, 2.05) is 31.2 Å². The minimum Gasteiger partial charge on any atom is -0.486 e. The third kappa shape index (κ3) is 5.40. The number of nitrogens with one attached hydrogen (secondary N) is 1. The van der Waals surface area contributed by atoms with Gasteiger partial charge in [-0.3, -0.25) is 9.10 Å². The molecule has 0 bridgehead atoms. The fourth-order valence-electron chi connectivity index (χ4n) is 3.41. The maximum absolute atomic E-state index is 13.4. The number of halogens is 1. The summed E-state index contributed by atoms with van der Waals surface area (Å²) < 4.78 is 39.4. The van der Waals surface area contributed by atoms with E-state index in [4.69, 9.17) is 21.1 Å². The zero-order valence-electron chi connectivity index (χ0n) is 17.9. The number of fused-ring (bicyclic) bond motifs is 1. The van der Waals surface area contributed by atoms with E-state index >= 15 is 0 Å². The summed E-state index contributed by atoms with van der Waals surface area (Å²) in [6.07, 6.45) is -0.385. The van der Waals surface area contributed by atoms with Crippen molar-refractivity contribution in [2.75, 3.05) is 24.0 Å². The highest BCUT2D eigenvalue weighted by molar-refractivity contribution is 7.92. The Kier molecular flexibility index (Phi) is 6.76. The number of rotatable bonds is 7. The van der Waals surface area contributed by atoms with Gasteiger partial charge in [0.05, 0.1) is 17.1 Å². The van der Waals surface area contributed by atoms with Gasteiger partial charge in [-0.25, -0.2) is 8.42 Å². The number of hydrogen-bond acceptors (Lipinski definition) is 5. The van der Waals surface area contributed by atoms with Crippen LogP contribution in [0.15, 0.2) is 77.7 Å². The van der Waals surface area contributed by atoms with E-state index in [9.17, 15) is 13.2 Å². The summed E-state index contributed by atoms with van der Waals surface area (Å²) in [4.78, 5) is 12.8. The molecule has 172 valence electrons. The van der Waals surface area contributed by atoms with Crippen molar-refractivity contribution in [3.8, 4) is 11.5 Å². The molecule has 1 unspecified atom stereocenters. The highest BCUT2D eigenvalue weighted by Crippen LogP contribution is 2.30. The summed E-state index contributed by atoms with van der Waals surface area (Å²) in [5, 5.41) is 3.18.